The zero-order valence-electron chi connectivity index (χ0n) is 20.5. The molecule has 2 heterocycles. The molecule has 1 aliphatic carbocycles. The number of nitrogens with one attached hydrogen (secondary N) is 1. The van der Waals surface area contributed by atoms with E-state index in [1.165, 1.54) is 5.39 Å². The summed E-state index contributed by atoms with van der Waals surface area (Å²) in [6, 6.07) is 16.5. The van der Waals surface area contributed by atoms with Crippen molar-refractivity contribution in [3.05, 3.63) is 77.2 Å². The number of fused-ring (bicyclic) bond motifs is 2. The number of hydrogen-bond acceptors (Lipinski definition) is 4. The maximum atomic E-state index is 11.2. The first-order chi connectivity index (χ1) is 17.5. The molecule has 5 rings (SSSR count). The summed E-state index contributed by atoms with van der Waals surface area (Å²) in [6.45, 7) is 2.17. The number of halogens is 1. The Hall–Kier alpha value is -2.93. The predicted molar refractivity (Wildman–Crippen MR) is 143 cm³/mol. The van der Waals surface area contributed by atoms with Gasteiger partial charge in [0, 0.05) is 47.4 Å². The summed E-state index contributed by atoms with van der Waals surface area (Å²) >= 11 is 6.51. The van der Waals surface area contributed by atoms with Crippen LogP contribution < -0.4 is 5.32 Å². The number of carbonyl (C=O) groups is 1. The first-order valence-corrected chi connectivity index (χ1v) is 13.0. The molecule has 4 aromatic rings. The molecule has 1 aliphatic rings. The molecule has 0 spiro atoms. The van der Waals surface area contributed by atoms with Crippen LogP contribution in [0.15, 0.2) is 60.9 Å². The van der Waals surface area contributed by atoms with Crippen LogP contribution in [0.1, 0.15) is 43.0 Å². The Morgan fingerprint density at radius 1 is 1.14 bits per heavy atom. The van der Waals surface area contributed by atoms with Crippen molar-refractivity contribution < 1.29 is 14.6 Å². The van der Waals surface area contributed by atoms with E-state index < -0.39 is 5.97 Å². The topological polar surface area (TPSA) is 76.4 Å². The molecule has 1 unspecified atom stereocenters. The van der Waals surface area contributed by atoms with Crippen molar-refractivity contribution in [1.82, 2.24) is 14.9 Å². The van der Waals surface area contributed by atoms with E-state index in [1.54, 1.807) is 7.11 Å². The molecule has 0 amide bonds. The number of carboxylic acids is 1. The van der Waals surface area contributed by atoms with Crippen LogP contribution >= 0.6 is 11.6 Å². The lowest BCUT2D eigenvalue weighted by atomic mass is 9.82. The summed E-state index contributed by atoms with van der Waals surface area (Å²) in [5.74, 6) is -0.342. The van der Waals surface area contributed by atoms with Gasteiger partial charge in [-0.3, -0.25) is 9.78 Å². The zero-order valence-corrected chi connectivity index (χ0v) is 21.2. The zero-order chi connectivity index (χ0) is 25.1. The molecule has 0 radical (unpaired) electrons. The van der Waals surface area contributed by atoms with Crippen molar-refractivity contribution in [3.8, 4) is 0 Å². The second-order valence-electron chi connectivity index (χ2n) is 9.84. The molecule has 7 heteroatoms. The van der Waals surface area contributed by atoms with Gasteiger partial charge in [-0.25, -0.2) is 0 Å². The van der Waals surface area contributed by atoms with E-state index in [9.17, 15) is 9.90 Å². The Morgan fingerprint density at radius 2 is 1.92 bits per heavy atom. The fraction of sp³-hybridized carbons (Fsp3) is 0.379. The Balaban J connectivity index is 1.33. The van der Waals surface area contributed by atoms with Gasteiger partial charge in [0.2, 0.25) is 0 Å². The molecule has 6 nitrogen and oxygen atoms in total. The number of aromatic nitrogens is 2. The van der Waals surface area contributed by atoms with Crippen LogP contribution in [0.3, 0.4) is 0 Å². The third kappa shape index (κ3) is 5.41. The largest absolute Gasteiger partial charge is 0.481 e. The minimum atomic E-state index is -0.660. The van der Waals surface area contributed by atoms with E-state index in [0.29, 0.717) is 24.0 Å². The fourth-order valence-electron chi connectivity index (χ4n) is 5.47. The number of aliphatic carboxylic acids is 1. The number of methoxy groups -OCH3 is 1. The molecule has 1 saturated carbocycles. The van der Waals surface area contributed by atoms with E-state index in [4.69, 9.17) is 21.3 Å². The fourth-order valence-corrected chi connectivity index (χ4v) is 5.70. The maximum Gasteiger partial charge on any atom is 0.306 e. The highest BCUT2D eigenvalue weighted by molar-refractivity contribution is 6.31. The van der Waals surface area contributed by atoms with Gasteiger partial charge in [-0.05, 0) is 67.8 Å². The van der Waals surface area contributed by atoms with Crippen molar-refractivity contribution in [2.45, 2.75) is 38.3 Å². The second-order valence-corrected chi connectivity index (χ2v) is 10.3. The first-order valence-electron chi connectivity index (χ1n) is 12.6. The van der Waals surface area contributed by atoms with Crippen LogP contribution in [0.4, 0.5) is 0 Å². The summed E-state index contributed by atoms with van der Waals surface area (Å²) in [5, 5.41) is 16.9. The summed E-state index contributed by atoms with van der Waals surface area (Å²) in [4.78, 5) is 15.9. The molecule has 1 fully saturated rings. The highest BCUT2D eigenvalue weighted by Crippen LogP contribution is 2.32. The number of benzene rings is 2. The molecular weight excluding hydrogens is 474 g/mol. The highest BCUT2D eigenvalue weighted by atomic mass is 35.5. The van der Waals surface area contributed by atoms with Gasteiger partial charge >= 0.3 is 5.97 Å². The number of carboxylic acid groups (broad SMARTS) is 1. The average molecular weight is 506 g/mol. The van der Waals surface area contributed by atoms with Crippen LogP contribution in [-0.2, 0) is 16.1 Å². The summed E-state index contributed by atoms with van der Waals surface area (Å²) < 4.78 is 8.16. The van der Waals surface area contributed by atoms with Gasteiger partial charge in [-0.15, -0.1) is 0 Å². The summed E-state index contributed by atoms with van der Waals surface area (Å²) in [6.07, 6.45) is 7.28. The Bertz CT molecular complexity index is 1360. The molecule has 2 N–H and O–H groups in total. The third-order valence-electron chi connectivity index (χ3n) is 7.46. The standard InChI is InChI=1S/C29H32ClN3O3/c1-36-27(17-31-15-19-6-8-20(9-7-19)29(34)35)26-14-24(30)12-22-10-11-33(28(22)26)18-25-13-21-4-2-3-5-23(21)16-32-25/h2-5,10-14,16,19-20,27,31H,6-9,15,17-18H2,1H3,(H,34,35). The molecule has 2 aromatic heterocycles. The quantitative estimate of drug-likeness (QED) is 0.289. The van der Waals surface area contributed by atoms with Crippen molar-refractivity contribution in [2.24, 2.45) is 11.8 Å². The number of ether oxygens (including phenoxy) is 1. The summed E-state index contributed by atoms with van der Waals surface area (Å²) in [5.41, 5.74) is 3.15. The van der Waals surface area contributed by atoms with Crippen LogP contribution in [0.2, 0.25) is 5.02 Å². The van der Waals surface area contributed by atoms with E-state index >= 15 is 0 Å². The van der Waals surface area contributed by atoms with Crippen LogP contribution in [0.25, 0.3) is 21.7 Å². The Kier molecular flexibility index (Phi) is 7.56. The highest BCUT2D eigenvalue weighted by Gasteiger charge is 2.26. The number of nitrogens with zero attached hydrogens (tertiary/aromatic N) is 2. The lowest BCUT2D eigenvalue weighted by molar-refractivity contribution is -0.143. The molecular formula is C29H32ClN3O3. The van der Waals surface area contributed by atoms with Crippen molar-refractivity contribution in [3.63, 3.8) is 0 Å². The normalized spacial score (nSPS) is 19.1. The van der Waals surface area contributed by atoms with Crippen molar-refractivity contribution in [2.75, 3.05) is 20.2 Å². The minimum absolute atomic E-state index is 0.167. The Labute approximate surface area is 216 Å². The van der Waals surface area contributed by atoms with Gasteiger partial charge in [-0.1, -0.05) is 35.9 Å². The van der Waals surface area contributed by atoms with Gasteiger partial charge in [0.25, 0.3) is 0 Å². The molecule has 2 aromatic carbocycles. The maximum absolute atomic E-state index is 11.2. The predicted octanol–water partition coefficient (Wildman–Crippen LogP) is 6.06. The van der Waals surface area contributed by atoms with Gasteiger partial charge in [0.1, 0.15) is 0 Å². The molecule has 0 aliphatic heterocycles. The third-order valence-corrected chi connectivity index (χ3v) is 7.68. The number of pyridine rings is 1. The van der Waals surface area contributed by atoms with Crippen LogP contribution in [0, 0.1) is 11.8 Å². The molecule has 1 atom stereocenters. The lowest BCUT2D eigenvalue weighted by Gasteiger charge is -2.27. The lowest BCUT2D eigenvalue weighted by Crippen LogP contribution is -2.31. The smallest absolute Gasteiger partial charge is 0.306 e. The van der Waals surface area contributed by atoms with E-state index in [0.717, 1.165) is 59.8 Å². The monoisotopic (exact) mass is 505 g/mol. The van der Waals surface area contributed by atoms with Gasteiger partial charge < -0.3 is 19.7 Å². The van der Waals surface area contributed by atoms with E-state index in [2.05, 4.69) is 40.3 Å². The van der Waals surface area contributed by atoms with Gasteiger partial charge in [0.15, 0.2) is 0 Å². The molecule has 0 bridgehead atoms. The SMILES string of the molecule is COC(CNCC1CCC(C(=O)O)CC1)c1cc(Cl)cc2ccn(Cc3cc4ccccc4cn3)c12. The summed E-state index contributed by atoms with van der Waals surface area (Å²) in [7, 11) is 1.73. The van der Waals surface area contributed by atoms with Crippen molar-refractivity contribution in [1.29, 1.82) is 0 Å². The van der Waals surface area contributed by atoms with Crippen LogP contribution in [-0.4, -0.2) is 40.8 Å². The van der Waals surface area contributed by atoms with E-state index in [-0.39, 0.29) is 12.0 Å². The van der Waals surface area contributed by atoms with Crippen molar-refractivity contribution >= 4 is 39.2 Å². The second kappa shape index (κ2) is 11.0. The van der Waals surface area contributed by atoms with Gasteiger partial charge in [-0.2, -0.15) is 0 Å². The first kappa shape index (κ1) is 24.8. The Morgan fingerprint density at radius 3 is 2.67 bits per heavy atom. The average Bonchev–Trinajstić information content (AvgIpc) is 3.28. The molecule has 36 heavy (non-hydrogen) atoms. The number of rotatable bonds is 9. The minimum Gasteiger partial charge on any atom is -0.481 e. The number of hydrogen-bond donors (Lipinski definition) is 2. The van der Waals surface area contributed by atoms with Gasteiger partial charge in [0.05, 0.1) is 29.8 Å². The van der Waals surface area contributed by atoms with Crippen LogP contribution in [0.5, 0.6) is 0 Å². The van der Waals surface area contributed by atoms with E-state index in [1.807, 2.05) is 30.5 Å². The molecule has 0 saturated heterocycles. The molecule has 188 valence electrons.